The van der Waals surface area contributed by atoms with Crippen molar-refractivity contribution in [1.29, 1.82) is 0 Å². The number of pyridine rings is 2. The molecule has 1 fully saturated rings. The number of hydrogen-bond donors (Lipinski definition) is 2. The van der Waals surface area contributed by atoms with Gasteiger partial charge in [0.1, 0.15) is 10.9 Å². The molecule has 0 aliphatic heterocycles. The third kappa shape index (κ3) is 3.44. The SMILES string of the molecule is CCNc1nc2[nH+]c3ccc(C)cn3c(=O)c2cc1C(=O)NC1CCCCC1. The zero-order chi connectivity index (χ0) is 19.7. The van der Waals surface area contributed by atoms with Crippen LogP contribution in [-0.2, 0) is 0 Å². The Balaban J connectivity index is 1.82. The molecule has 7 heteroatoms. The van der Waals surface area contributed by atoms with E-state index in [9.17, 15) is 9.59 Å². The Hall–Kier alpha value is -2.96. The Morgan fingerprint density at radius 1 is 1.29 bits per heavy atom. The number of amides is 1. The van der Waals surface area contributed by atoms with Crippen LogP contribution in [0, 0.1) is 6.92 Å². The lowest BCUT2D eigenvalue weighted by Crippen LogP contribution is -2.37. The van der Waals surface area contributed by atoms with E-state index < -0.39 is 0 Å². The molecular formula is C21H26N5O2+. The molecule has 0 bridgehead atoms. The lowest BCUT2D eigenvalue weighted by Gasteiger charge is -2.23. The van der Waals surface area contributed by atoms with Gasteiger partial charge in [0.2, 0.25) is 11.5 Å². The van der Waals surface area contributed by atoms with E-state index in [1.807, 2.05) is 26.0 Å². The largest absolute Gasteiger partial charge is 0.356 e. The number of fused-ring (bicyclic) bond motifs is 2. The summed E-state index contributed by atoms with van der Waals surface area (Å²) < 4.78 is 1.56. The monoisotopic (exact) mass is 380 g/mol. The van der Waals surface area contributed by atoms with E-state index in [2.05, 4.69) is 20.6 Å². The van der Waals surface area contributed by atoms with Crippen molar-refractivity contribution in [3.05, 3.63) is 45.9 Å². The summed E-state index contributed by atoms with van der Waals surface area (Å²) in [5, 5.41) is 6.69. The van der Waals surface area contributed by atoms with E-state index in [0.717, 1.165) is 31.2 Å². The molecule has 1 aliphatic carbocycles. The predicted molar refractivity (Wildman–Crippen MR) is 109 cm³/mol. The second kappa shape index (κ2) is 7.58. The van der Waals surface area contributed by atoms with Crippen LogP contribution in [-0.4, -0.2) is 27.9 Å². The number of carbonyl (C=O) groups excluding carboxylic acids is 1. The van der Waals surface area contributed by atoms with Crippen LogP contribution in [0.5, 0.6) is 0 Å². The summed E-state index contributed by atoms with van der Waals surface area (Å²) in [5.41, 5.74) is 2.35. The Labute approximate surface area is 163 Å². The zero-order valence-corrected chi connectivity index (χ0v) is 16.3. The molecular weight excluding hydrogens is 354 g/mol. The summed E-state index contributed by atoms with van der Waals surface area (Å²) in [7, 11) is 0. The van der Waals surface area contributed by atoms with E-state index in [1.54, 1.807) is 16.7 Å². The molecule has 146 valence electrons. The maximum Gasteiger partial charge on any atom is 0.325 e. The quantitative estimate of drug-likeness (QED) is 0.681. The molecule has 0 aromatic carbocycles. The van der Waals surface area contributed by atoms with Crippen molar-refractivity contribution in [3.63, 3.8) is 0 Å². The molecule has 3 heterocycles. The number of nitrogens with zero attached hydrogens (tertiary/aromatic N) is 2. The number of nitrogens with one attached hydrogen (secondary N) is 3. The average Bonchev–Trinajstić information content (AvgIpc) is 2.69. The van der Waals surface area contributed by atoms with Gasteiger partial charge in [-0.05, 0) is 44.4 Å². The van der Waals surface area contributed by atoms with Gasteiger partial charge in [0.15, 0.2) is 0 Å². The van der Waals surface area contributed by atoms with Crippen LogP contribution in [0.15, 0.2) is 29.2 Å². The van der Waals surface area contributed by atoms with Gasteiger partial charge in [-0.3, -0.25) is 4.79 Å². The number of H-pyrrole nitrogens is 1. The maximum absolute atomic E-state index is 13.0. The summed E-state index contributed by atoms with van der Waals surface area (Å²) in [6.45, 7) is 4.52. The van der Waals surface area contributed by atoms with Crippen LogP contribution in [0.2, 0.25) is 0 Å². The van der Waals surface area contributed by atoms with Crippen LogP contribution in [0.25, 0.3) is 16.7 Å². The zero-order valence-electron chi connectivity index (χ0n) is 16.3. The first kappa shape index (κ1) is 18.4. The number of aromatic nitrogens is 3. The summed E-state index contributed by atoms with van der Waals surface area (Å²) >= 11 is 0. The standard InChI is InChI=1S/C21H25N5O2/c1-3-22-18-15(20(27)23-14-7-5-4-6-8-14)11-16-19(25-18)24-17-10-9-13(2)12-26(17)21(16)28/h9-12,14H,3-8H2,1-2H3,(H,22,25)(H,23,27)/p+1. The number of hydrogen-bond acceptors (Lipinski definition) is 4. The molecule has 7 nitrogen and oxygen atoms in total. The van der Waals surface area contributed by atoms with Crippen molar-refractivity contribution in [2.75, 3.05) is 11.9 Å². The highest BCUT2D eigenvalue weighted by atomic mass is 16.2. The van der Waals surface area contributed by atoms with Crippen molar-refractivity contribution in [3.8, 4) is 0 Å². The van der Waals surface area contributed by atoms with E-state index in [-0.39, 0.29) is 17.5 Å². The Kier molecular flexibility index (Phi) is 4.98. The number of rotatable bonds is 4. The van der Waals surface area contributed by atoms with Crippen molar-refractivity contribution in [2.45, 2.75) is 52.0 Å². The van der Waals surface area contributed by atoms with E-state index in [4.69, 9.17) is 0 Å². The Morgan fingerprint density at radius 2 is 2.07 bits per heavy atom. The lowest BCUT2D eigenvalue weighted by atomic mass is 9.95. The first-order valence-corrected chi connectivity index (χ1v) is 10.0. The van der Waals surface area contributed by atoms with Gasteiger partial charge in [-0.15, -0.1) is 0 Å². The fourth-order valence-electron chi connectivity index (χ4n) is 3.88. The third-order valence-corrected chi connectivity index (χ3v) is 5.34. The molecule has 3 N–H and O–H groups in total. The highest BCUT2D eigenvalue weighted by Crippen LogP contribution is 2.20. The van der Waals surface area contributed by atoms with Crippen LogP contribution in [0.1, 0.15) is 54.9 Å². The second-order valence-electron chi connectivity index (χ2n) is 7.51. The van der Waals surface area contributed by atoms with Crippen molar-refractivity contribution >= 4 is 28.4 Å². The summed E-state index contributed by atoms with van der Waals surface area (Å²) in [6.07, 6.45) is 7.30. The Morgan fingerprint density at radius 3 is 2.82 bits per heavy atom. The molecule has 4 rings (SSSR count). The number of carbonyl (C=O) groups is 1. The summed E-state index contributed by atoms with van der Waals surface area (Å²) in [6, 6.07) is 5.65. The normalized spacial score (nSPS) is 15.1. The van der Waals surface area contributed by atoms with Gasteiger partial charge in [0, 0.05) is 18.7 Å². The van der Waals surface area contributed by atoms with Crippen LogP contribution >= 0.6 is 0 Å². The minimum atomic E-state index is -0.185. The van der Waals surface area contributed by atoms with Crippen LogP contribution in [0.3, 0.4) is 0 Å². The third-order valence-electron chi connectivity index (χ3n) is 5.34. The fraction of sp³-hybridized carbons (Fsp3) is 0.429. The number of anilines is 1. The van der Waals surface area contributed by atoms with Crippen molar-refractivity contribution in [1.82, 2.24) is 14.7 Å². The van der Waals surface area contributed by atoms with E-state index >= 15 is 0 Å². The summed E-state index contributed by atoms with van der Waals surface area (Å²) in [4.78, 5) is 33.8. The van der Waals surface area contributed by atoms with Crippen molar-refractivity contribution < 1.29 is 9.78 Å². The molecule has 1 amide bonds. The molecule has 1 aliphatic rings. The maximum atomic E-state index is 13.0. The Bertz CT molecular complexity index is 1100. The van der Waals surface area contributed by atoms with Crippen LogP contribution in [0.4, 0.5) is 5.82 Å². The second-order valence-corrected chi connectivity index (χ2v) is 7.51. The number of aryl methyl sites for hydroxylation is 1. The highest BCUT2D eigenvalue weighted by Gasteiger charge is 2.24. The van der Waals surface area contributed by atoms with Crippen LogP contribution < -0.4 is 21.2 Å². The molecule has 0 atom stereocenters. The minimum Gasteiger partial charge on any atom is -0.356 e. The molecule has 0 radical (unpaired) electrons. The van der Waals surface area contributed by atoms with Gasteiger partial charge < -0.3 is 10.6 Å². The highest BCUT2D eigenvalue weighted by molar-refractivity contribution is 6.01. The van der Waals surface area contributed by atoms with Gasteiger partial charge in [-0.25, -0.2) is 9.78 Å². The molecule has 3 aromatic heterocycles. The summed E-state index contributed by atoms with van der Waals surface area (Å²) in [5.74, 6) is 0.321. The van der Waals surface area contributed by atoms with Gasteiger partial charge in [0.05, 0.1) is 6.20 Å². The average molecular weight is 380 g/mol. The van der Waals surface area contributed by atoms with Gasteiger partial charge in [-0.2, -0.15) is 4.40 Å². The molecule has 0 saturated heterocycles. The van der Waals surface area contributed by atoms with E-state index in [1.165, 1.54) is 6.42 Å². The van der Waals surface area contributed by atoms with Gasteiger partial charge >= 0.3 is 5.56 Å². The van der Waals surface area contributed by atoms with E-state index in [0.29, 0.717) is 34.6 Å². The number of aromatic amines is 1. The molecule has 1 saturated carbocycles. The lowest BCUT2D eigenvalue weighted by molar-refractivity contribution is -0.319. The minimum absolute atomic E-state index is 0.175. The fourth-order valence-corrected chi connectivity index (χ4v) is 3.88. The first-order chi connectivity index (χ1) is 13.6. The van der Waals surface area contributed by atoms with Crippen molar-refractivity contribution in [2.24, 2.45) is 0 Å². The topological polar surface area (TPSA) is 89.6 Å². The first-order valence-electron chi connectivity index (χ1n) is 10.0. The van der Waals surface area contributed by atoms with Gasteiger partial charge in [0.25, 0.3) is 11.6 Å². The molecule has 3 aromatic rings. The van der Waals surface area contributed by atoms with Gasteiger partial charge in [-0.1, -0.05) is 24.2 Å². The predicted octanol–water partition coefficient (Wildman–Crippen LogP) is 2.46. The molecule has 0 unspecified atom stereocenters. The molecule has 0 spiro atoms. The smallest absolute Gasteiger partial charge is 0.325 e. The molecule has 28 heavy (non-hydrogen) atoms.